The van der Waals surface area contributed by atoms with Crippen molar-refractivity contribution >= 4 is 0 Å². The van der Waals surface area contributed by atoms with Gasteiger partial charge in [-0.15, -0.1) is 0 Å². The Hall–Kier alpha value is -5.06. The first-order chi connectivity index (χ1) is 20.8. The Bertz CT molecular complexity index is 1800. The molecule has 6 aliphatic rings. The molecular formula is C38H26N2O2. The van der Waals surface area contributed by atoms with E-state index in [4.69, 9.17) is 9.47 Å². The monoisotopic (exact) mass is 542 g/mol. The fourth-order valence-corrected chi connectivity index (χ4v) is 9.05. The van der Waals surface area contributed by atoms with Crippen LogP contribution in [0.15, 0.2) is 122 Å². The molecule has 42 heavy (non-hydrogen) atoms. The minimum atomic E-state index is -0.470. The summed E-state index contributed by atoms with van der Waals surface area (Å²) in [6.07, 6.45) is 7.90. The van der Waals surface area contributed by atoms with Gasteiger partial charge in [-0.1, -0.05) is 97.1 Å². The number of nitrogens with zero attached hydrogens (tertiary/aromatic N) is 2. The van der Waals surface area contributed by atoms with E-state index in [9.17, 15) is 10.5 Å². The molecule has 2 fully saturated rings. The van der Waals surface area contributed by atoms with Gasteiger partial charge < -0.3 is 9.47 Å². The lowest BCUT2D eigenvalue weighted by atomic mass is 9.44. The molecule has 0 aromatic heterocycles. The van der Waals surface area contributed by atoms with E-state index in [0.29, 0.717) is 0 Å². The van der Waals surface area contributed by atoms with Gasteiger partial charge in [0, 0.05) is 23.7 Å². The largest absolute Gasteiger partial charge is 0.497 e. The lowest BCUT2D eigenvalue weighted by Gasteiger charge is -2.56. The summed E-state index contributed by atoms with van der Waals surface area (Å²) in [5, 5.41) is 20.1. The van der Waals surface area contributed by atoms with Gasteiger partial charge in [0.2, 0.25) is 0 Å². The summed E-state index contributed by atoms with van der Waals surface area (Å²) in [5.74, 6) is 0.603. The molecule has 0 saturated heterocycles. The van der Waals surface area contributed by atoms with E-state index in [-0.39, 0.29) is 35.9 Å². The Morgan fingerprint density at radius 1 is 0.500 bits per heavy atom. The van der Waals surface area contributed by atoms with Crippen molar-refractivity contribution in [3.63, 3.8) is 0 Å². The van der Waals surface area contributed by atoms with Crippen molar-refractivity contribution in [2.75, 3.05) is 0 Å². The van der Waals surface area contributed by atoms with Crippen molar-refractivity contribution < 1.29 is 9.47 Å². The highest BCUT2D eigenvalue weighted by molar-refractivity contribution is 5.81. The fourth-order valence-electron chi connectivity index (χ4n) is 9.05. The van der Waals surface area contributed by atoms with Gasteiger partial charge >= 0.3 is 0 Å². The summed E-state index contributed by atoms with van der Waals surface area (Å²) in [7, 11) is 0. The van der Waals surface area contributed by atoms with Crippen LogP contribution in [-0.4, -0.2) is 12.2 Å². The van der Waals surface area contributed by atoms with Crippen LogP contribution in [0.5, 0.6) is 0 Å². The molecule has 0 N–H and O–H groups in total. The van der Waals surface area contributed by atoms with E-state index in [2.05, 4.69) is 109 Å². The molecule has 2 aliphatic heterocycles. The summed E-state index contributed by atoms with van der Waals surface area (Å²) in [6, 6.07) is 38.9. The van der Waals surface area contributed by atoms with E-state index in [1.54, 1.807) is 12.5 Å². The zero-order chi connectivity index (χ0) is 28.1. The van der Waals surface area contributed by atoms with E-state index < -0.39 is 10.8 Å². The van der Waals surface area contributed by atoms with Gasteiger partial charge in [0.15, 0.2) is 0 Å². The van der Waals surface area contributed by atoms with Crippen LogP contribution in [0.4, 0.5) is 0 Å². The maximum atomic E-state index is 10.1. The van der Waals surface area contributed by atoms with Crippen LogP contribution < -0.4 is 0 Å². The molecule has 2 heterocycles. The summed E-state index contributed by atoms with van der Waals surface area (Å²) in [5.41, 5.74) is 8.78. The van der Waals surface area contributed by atoms with E-state index in [1.807, 2.05) is 12.1 Å². The Labute approximate surface area is 244 Å². The average Bonchev–Trinajstić information content (AvgIpc) is 3.67. The topological polar surface area (TPSA) is 66.0 Å². The van der Waals surface area contributed by atoms with E-state index in [1.165, 1.54) is 33.4 Å². The van der Waals surface area contributed by atoms with Crippen molar-refractivity contribution in [2.45, 2.75) is 34.9 Å². The molecule has 4 aliphatic carbocycles. The maximum Gasteiger partial charge on any atom is 0.115 e. The van der Waals surface area contributed by atoms with Gasteiger partial charge in [0.1, 0.15) is 23.0 Å². The first-order valence-electron chi connectivity index (χ1n) is 14.6. The highest BCUT2D eigenvalue weighted by Crippen LogP contribution is 2.67. The SMILES string of the molecule is N#C[C@@]12c3ccccc3-c3ccccc3[C@@H]1[C@H]1OC=C[C@H]12.N#C[C@]12c3ccccc3-c3ccccc3[C@H]1[C@@H]1OC=C[C@@H]12. The van der Waals surface area contributed by atoms with Crippen LogP contribution in [0.1, 0.15) is 34.1 Å². The Balaban J connectivity index is 0.000000119. The van der Waals surface area contributed by atoms with Gasteiger partial charge in [-0.2, -0.15) is 10.5 Å². The molecule has 2 saturated carbocycles. The predicted molar refractivity (Wildman–Crippen MR) is 159 cm³/mol. The summed E-state index contributed by atoms with van der Waals surface area (Å²) < 4.78 is 11.6. The van der Waals surface area contributed by atoms with E-state index >= 15 is 0 Å². The number of benzene rings is 4. The molecule has 4 nitrogen and oxygen atoms in total. The molecule has 0 radical (unpaired) electrons. The third-order valence-corrected chi connectivity index (χ3v) is 10.7. The Kier molecular flexibility index (Phi) is 4.64. The number of hydrogen-bond acceptors (Lipinski definition) is 4. The lowest BCUT2D eigenvalue weighted by Crippen LogP contribution is -2.60. The molecule has 0 bridgehead atoms. The van der Waals surface area contributed by atoms with Gasteiger partial charge in [-0.3, -0.25) is 0 Å². The van der Waals surface area contributed by atoms with Crippen molar-refractivity contribution in [2.24, 2.45) is 11.8 Å². The standard InChI is InChI=1S/2C19H13NO/c2*20-11-19-15-8-4-3-6-13(15)12-5-1-2-7-14(12)17(19)18-16(19)9-10-21-18/h2*1-10,16-18H/t2*16-,17-,18+,19+/m10/s1. The first-order valence-corrected chi connectivity index (χ1v) is 14.6. The molecular weight excluding hydrogens is 516 g/mol. The zero-order valence-corrected chi connectivity index (χ0v) is 22.7. The molecule has 200 valence electrons. The smallest absolute Gasteiger partial charge is 0.115 e. The number of ether oxygens (including phenoxy) is 2. The molecule has 0 amide bonds. The number of rotatable bonds is 0. The van der Waals surface area contributed by atoms with Crippen LogP contribution in [0.3, 0.4) is 0 Å². The summed E-state index contributed by atoms with van der Waals surface area (Å²) in [6.45, 7) is 0. The molecule has 4 aromatic rings. The van der Waals surface area contributed by atoms with Crippen LogP contribution >= 0.6 is 0 Å². The van der Waals surface area contributed by atoms with Crippen molar-refractivity contribution in [1.29, 1.82) is 10.5 Å². The number of nitriles is 2. The summed E-state index contributed by atoms with van der Waals surface area (Å²) in [4.78, 5) is 0. The number of fused-ring (bicyclic) bond motifs is 18. The molecule has 4 aromatic carbocycles. The van der Waals surface area contributed by atoms with Crippen LogP contribution in [0.25, 0.3) is 22.3 Å². The maximum absolute atomic E-state index is 10.1. The minimum absolute atomic E-state index is 0.110. The average molecular weight is 543 g/mol. The molecule has 0 unspecified atom stereocenters. The predicted octanol–water partition coefficient (Wildman–Crippen LogP) is 7.51. The molecule has 0 spiro atoms. The van der Waals surface area contributed by atoms with Crippen molar-refractivity contribution in [3.8, 4) is 34.4 Å². The van der Waals surface area contributed by atoms with Gasteiger partial charge in [-0.25, -0.2) is 0 Å². The van der Waals surface area contributed by atoms with Crippen LogP contribution in [0, 0.1) is 34.5 Å². The first kappa shape index (κ1) is 23.6. The third kappa shape index (κ3) is 2.58. The molecule has 4 heteroatoms. The van der Waals surface area contributed by atoms with Crippen molar-refractivity contribution in [3.05, 3.63) is 144 Å². The van der Waals surface area contributed by atoms with Gasteiger partial charge in [0.25, 0.3) is 0 Å². The molecule has 8 atom stereocenters. The lowest BCUT2D eigenvalue weighted by molar-refractivity contribution is -0.0212. The van der Waals surface area contributed by atoms with Crippen LogP contribution in [0.2, 0.25) is 0 Å². The minimum Gasteiger partial charge on any atom is -0.497 e. The van der Waals surface area contributed by atoms with Crippen molar-refractivity contribution in [1.82, 2.24) is 0 Å². The Morgan fingerprint density at radius 2 is 0.881 bits per heavy atom. The second kappa shape index (κ2) is 8.25. The van der Waals surface area contributed by atoms with Crippen LogP contribution in [-0.2, 0) is 20.3 Å². The number of hydrogen-bond donors (Lipinski definition) is 0. The summed E-state index contributed by atoms with van der Waals surface area (Å²) >= 11 is 0. The van der Waals surface area contributed by atoms with E-state index in [0.717, 1.165) is 11.1 Å². The third-order valence-electron chi connectivity index (χ3n) is 10.7. The second-order valence-electron chi connectivity index (χ2n) is 12.1. The Morgan fingerprint density at radius 3 is 1.31 bits per heavy atom. The molecule has 10 rings (SSSR count). The quantitative estimate of drug-likeness (QED) is 0.231. The zero-order valence-electron chi connectivity index (χ0n) is 22.7. The highest BCUT2D eigenvalue weighted by atomic mass is 16.5. The van der Waals surface area contributed by atoms with Gasteiger partial charge in [-0.05, 0) is 56.7 Å². The van der Waals surface area contributed by atoms with Gasteiger partial charge in [0.05, 0.1) is 24.7 Å². The highest BCUT2D eigenvalue weighted by Gasteiger charge is 2.69. The normalized spacial score (nSPS) is 33.6. The fraction of sp³-hybridized carbons (Fsp3) is 0.211. The second-order valence-corrected chi connectivity index (χ2v) is 12.1.